The van der Waals surface area contributed by atoms with Crippen LogP contribution in [0.25, 0.3) is 44.6 Å². The van der Waals surface area contributed by atoms with Crippen LogP contribution in [0.15, 0.2) is 47.2 Å². The second-order valence-electron chi connectivity index (χ2n) is 8.22. The molecule has 1 atom stereocenters. The largest absolute Gasteiger partial charge is 0.496 e. The maximum atomic E-state index is 12.9. The van der Waals surface area contributed by atoms with Gasteiger partial charge >= 0.3 is 6.61 Å². The summed E-state index contributed by atoms with van der Waals surface area (Å²) in [6, 6.07) is 8.80. The number of hydrogen-bond donors (Lipinski definition) is 0. The maximum Gasteiger partial charge on any atom is 0.345 e. The number of nitrogens with zero attached hydrogens (tertiary/aromatic N) is 5. The third-order valence-electron chi connectivity index (χ3n) is 5.94. The van der Waals surface area contributed by atoms with Gasteiger partial charge < -0.3 is 18.6 Å². The average Bonchev–Trinajstić information content (AvgIpc) is 3.42. The zero-order chi connectivity index (χ0) is 24.7. The molecular formula is C25H23F2N5O3. The highest BCUT2D eigenvalue weighted by molar-refractivity contribution is 6.06. The number of imidazole rings is 1. The lowest BCUT2D eigenvalue weighted by Gasteiger charge is -2.18. The SMILES string of the molecule is COc1cc2c(cc1-c1c(C)noc1C)ncc1nc(-c3ccccn3)n([C@@H](C)COC(F)F)c12. The Hall–Kier alpha value is -3.92. The number of benzene rings is 1. The van der Waals surface area contributed by atoms with Gasteiger partial charge in [0.15, 0.2) is 5.82 Å². The van der Waals surface area contributed by atoms with Crippen molar-refractivity contribution < 1.29 is 22.8 Å². The molecule has 0 N–H and O–H groups in total. The Labute approximate surface area is 199 Å². The molecule has 1 aromatic carbocycles. The van der Waals surface area contributed by atoms with Crippen molar-refractivity contribution in [2.45, 2.75) is 33.4 Å². The Morgan fingerprint density at radius 3 is 2.60 bits per heavy atom. The average molecular weight is 479 g/mol. The van der Waals surface area contributed by atoms with Gasteiger partial charge in [-0.15, -0.1) is 0 Å². The van der Waals surface area contributed by atoms with Gasteiger partial charge in [-0.1, -0.05) is 11.2 Å². The molecule has 5 rings (SSSR count). The number of rotatable bonds is 7. The Morgan fingerprint density at radius 1 is 1.11 bits per heavy atom. The van der Waals surface area contributed by atoms with Gasteiger partial charge in [-0.05, 0) is 45.0 Å². The van der Waals surface area contributed by atoms with Crippen molar-refractivity contribution in [2.24, 2.45) is 0 Å². The van der Waals surface area contributed by atoms with Crippen LogP contribution in [-0.2, 0) is 4.74 Å². The first-order valence-electron chi connectivity index (χ1n) is 11.0. The van der Waals surface area contributed by atoms with Crippen molar-refractivity contribution in [3.8, 4) is 28.4 Å². The fraction of sp³-hybridized carbons (Fsp3) is 0.280. The normalized spacial score (nSPS) is 12.7. The standard InChI is InChI=1S/C25H23F2N5O3/c1-13(12-34-25(26)27)32-23-16-10-21(33-4)17(22-14(2)31-35-15(22)3)9-19(16)29-11-20(23)30-24(32)18-7-5-6-8-28-18/h5-11,13,25H,12H2,1-4H3/t13-/m0/s1. The second kappa shape index (κ2) is 9.03. The zero-order valence-corrected chi connectivity index (χ0v) is 19.6. The second-order valence-corrected chi connectivity index (χ2v) is 8.22. The number of methoxy groups -OCH3 is 1. The van der Waals surface area contributed by atoms with Crippen LogP contribution in [0.2, 0.25) is 0 Å². The molecule has 0 unspecified atom stereocenters. The predicted octanol–water partition coefficient (Wildman–Crippen LogP) is 5.73. The molecule has 0 radical (unpaired) electrons. The molecule has 0 spiro atoms. The predicted molar refractivity (Wildman–Crippen MR) is 126 cm³/mol. The van der Waals surface area contributed by atoms with Gasteiger partial charge in [0.25, 0.3) is 0 Å². The van der Waals surface area contributed by atoms with Gasteiger partial charge in [-0.25, -0.2) is 4.98 Å². The summed E-state index contributed by atoms with van der Waals surface area (Å²) in [7, 11) is 1.59. The third-order valence-corrected chi connectivity index (χ3v) is 5.94. The molecule has 0 aliphatic carbocycles. The number of ether oxygens (including phenoxy) is 2. The molecule has 0 bridgehead atoms. The highest BCUT2D eigenvalue weighted by Crippen LogP contribution is 2.40. The number of aromatic nitrogens is 5. The number of hydrogen-bond acceptors (Lipinski definition) is 7. The van der Waals surface area contributed by atoms with Gasteiger partial charge in [0.1, 0.15) is 22.7 Å². The van der Waals surface area contributed by atoms with E-state index in [4.69, 9.17) is 14.2 Å². The molecule has 5 aromatic rings. The summed E-state index contributed by atoms with van der Waals surface area (Å²) < 4.78 is 43.4. The van der Waals surface area contributed by atoms with E-state index in [1.165, 1.54) is 0 Å². The molecule has 35 heavy (non-hydrogen) atoms. The molecule has 0 saturated carbocycles. The molecule has 4 heterocycles. The van der Waals surface area contributed by atoms with E-state index in [-0.39, 0.29) is 6.61 Å². The van der Waals surface area contributed by atoms with Crippen molar-refractivity contribution in [2.75, 3.05) is 13.7 Å². The summed E-state index contributed by atoms with van der Waals surface area (Å²) in [4.78, 5) is 13.8. The summed E-state index contributed by atoms with van der Waals surface area (Å²) in [6.45, 7) is 2.43. The molecule has 8 nitrogen and oxygen atoms in total. The highest BCUT2D eigenvalue weighted by Gasteiger charge is 2.24. The topological polar surface area (TPSA) is 88.1 Å². The molecule has 0 fully saturated rings. The van der Waals surface area contributed by atoms with E-state index < -0.39 is 12.7 Å². The third kappa shape index (κ3) is 3.99. The monoisotopic (exact) mass is 479 g/mol. The minimum Gasteiger partial charge on any atom is -0.496 e. The Bertz CT molecular complexity index is 1500. The van der Waals surface area contributed by atoms with E-state index >= 15 is 0 Å². The molecule has 0 aliphatic rings. The molecule has 0 saturated heterocycles. The van der Waals surface area contributed by atoms with Crippen molar-refractivity contribution in [1.29, 1.82) is 0 Å². The lowest BCUT2D eigenvalue weighted by molar-refractivity contribution is -0.135. The molecule has 0 aliphatic heterocycles. The van der Waals surface area contributed by atoms with Crippen molar-refractivity contribution in [3.05, 3.63) is 54.2 Å². The zero-order valence-electron chi connectivity index (χ0n) is 19.6. The summed E-state index contributed by atoms with van der Waals surface area (Å²) in [5.41, 5.74) is 5.00. The van der Waals surface area contributed by atoms with Gasteiger partial charge in [-0.2, -0.15) is 8.78 Å². The summed E-state index contributed by atoms with van der Waals surface area (Å²) in [5, 5.41) is 4.82. The number of aryl methyl sites for hydroxylation is 2. The van der Waals surface area contributed by atoms with Crippen LogP contribution in [0.4, 0.5) is 8.78 Å². The first-order chi connectivity index (χ1) is 16.9. The van der Waals surface area contributed by atoms with Crippen LogP contribution in [0.1, 0.15) is 24.4 Å². The fourth-order valence-corrected chi connectivity index (χ4v) is 4.43. The number of halogens is 2. The Morgan fingerprint density at radius 2 is 1.94 bits per heavy atom. The minimum absolute atomic E-state index is 0.207. The van der Waals surface area contributed by atoms with Crippen LogP contribution in [0.3, 0.4) is 0 Å². The summed E-state index contributed by atoms with van der Waals surface area (Å²) in [5.74, 6) is 1.81. The van der Waals surface area contributed by atoms with Crippen LogP contribution in [0, 0.1) is 13.8 Å². The minimum atomic E-state index is -2.87. The van der Waals surface area contributed by atoms with Gasteiger partial charge in [0.05, 0.1) is 48.2 Å². The van der Waals surface area contributed by atoms with E-state index in [0.717, 1.165) is 27.7 Å². The molecule has 180 valence electrons. The maximum absolute atomic E-state index is 12.9. The van der Waals surface area contributed by atoms with Crippen molar-refractivity contribution in [1.82, 2.24) is 24.7 Å². The van der Waals surface area contributed by atoms with E-state index in [9.17, 15) is 8.78 Å². The summed E-state index contributed by atoms with van der Waals surface area (Å²) in [6.07, 6.45) is 3.33. The smallest absolute Gasteiger partial charge is 0.345 e. The Kier molecular flexibility index (Phi) is 5.89. The number of fused-ring (bicyclic) bond motifs is 3. The summed E-state index contributed by atoms with van der Waals surface area (Å²) >= 11 is 0. The first kappa shape index (κ1) is 22.9. The number of pyridine rings is 2. The van der Waals surface area contributed by atoms with E-state index in [1.807, 2.05) is 42.7 Å². The van der Waals surface area contributed by atoms with Crippen molar-refractivity contribution >= 4 is 21.9 Å². The van der Waals surface area contributed by atoms with Crippen molar-refractivity contribution in [3.63, 3.8) is 0 Å². The fourth-order valence-electron chi connectivity index (χ4n) is 4.43. The first-order valence-corrected chi connectivity index (χ1v) is 11.0. The highest BCUT2D eigenvalue weighted by atomic mass is 19.3. The Balaban J connectivity index is 1.80. The van der Waals surface area contributed by atoms with Gasteiger partial charge in [-0.3, -0.25) is 9.97 Å². The quantitative estimate of drug-likeness (QED) is 0.295. The van der Waals surface area contributed by atoms with E-state index in [1.54, 1.807) is 32.5 Å². The van der Waals surface area contributed by atoms with Crippen LogP contribution >= 0.6 is 0 Å². The van der Waals surface area contributed by atoms with Crippen LogP contribution in [0.5, 0.6) is 5.75 Å². The van der Waals surface area contributed by atoms with E-state index in [2.05, 4.69) is 19.9 Å². The molecule has 0 amide bonds. The number of alkyl halides is 2. The molecule has 4 aromatic heterocycles. The van der Waals surface area contributed by atoms with Gasteiger partial charge in [0.2, 0.25) is 0 Å². The van der Waals surface area contributed by atoms with Crippen LogP contribution in [-0.4, -0.2) is 45.0 Å². The molecular weight excluding hydrogens is 456 g/mol. The van der Waals surface area contributed by atoms with Gasteiger partial charge in [0, 0.05) is 17.1 Å². The van der Waals surface area contributed by atoms with E-state index in [0.29, 0.717) is 34.1 Å². The van der Waals surface area contributed by atoms with Crippen LogP contribution < -0.4 is 4.74 Å². The molecule has 10 heteroatoms. The lowest BCUT2D eigenvalue weighted by atomic mass is 10.0. The lowest BCUT2D eigenvalue weighted by Crippen LogP contribution is -2.16.